The Hall–Kier alpha value is -1.84. The van der Waals surface area contributed by atoms with Crippen LogP contribution >= 0.6 is 0 Å². The molecule has 9 heteroatoms. The highest BCUT2D eigenvalue weighted by molar-refractivity contribution is 7.86. The molecule has 24 heavy (non-hydrogen) atoms. The van der Waals surface area contributed by atoms with Gasteiger partial charge in [-0.05, 0) is 24.6 Å². The molecule has 0 saturated carbocycles. The molecule has 0 atom stereocenters. The number of amides is 1. The van der Waals surface area contributed by atoms with Crippen LogP contribution in [0.2, 0.25) is 0 Å². The summed E-state index contributed by atoms with van der Waals surface area (Å²) in [6.07, 6.45) is 0.601. The molecule has 3 rings (SSSR count). The van der Waals surface area contributed by atoms with E-state index in [2.05, 4.69) is 0 Å². The minimum Gasteiger partial charge on any atom is -0.454 e. The molecule has 2 aliphatic rings. The van der Waals surface area contributed by atoms with Crippen LogP contribution in [0.1, 0.15) is 16.8 Å². The largest absolute Gasteiger partial charge is 0.454 e. The van der Waals surface area contributed by atoms with E-state index in [1.54, 1.807) is 23.1 Å². The molecule has 1 aromatic carbocycles. The maximum absolute atomic E-state index is 12.7. The molecule has 2 aliphatic heterocycles. The summed E-state index contributed by atoms with van der Waals surface area (Å²) >= 11 is 0. The number of rotatable bonds is 3. The van der Waals surface area contributed by atoms with Crippen LogP contribution in [-0.4, -0.2) is 74.9 Å². The molecule has 132 valence electrons. The maximum atomic E-state index is 12.7. The third-order valence-corrected chi connectivity index (χ3v) is 6.09. The molecular weight excluding hydrogens is 334 g/mol. The zero-order chi connectivity index (χ0) is 17.3. The number of nitrogens with zero attached hydrogens (tertiary/aromatic N) is 3. The summed E-state index contributed by atoms with van der Waals surface area (Å²) < 4.78 is 37.6. The molecule has 0 aromatic heterocycles. The van der Waals surface area contributed by atoms with E-state index >= 15 is 0 Å². The first-order chi connectivity index (χ1) is 11.4. The number of benzene rings is 1. The number of hydrogen-bond donors (Lipinski definition) is 0. The SMILES string of the molecule is CN(C)S(=O)(=O)N1CCCN(C(=O)c2ccc3c(c2)OCO3)CC1. The summed E-state index contributed by atoms with van der Waals surface area (Å²) in [5.41, 5.74) is 0.517. The van der Waals surface area contributed by atoms with Crippen molar-refractivity contribution in [3.8, 4) is 11.5 Å². The van der Waals surface area contributed by atoms with Crippen molar-refractivity contribution >= 4 is 16.1 Å². The monoisotopic (exact) mass is 355 g/mol. The second-order valence-electron chi connectivity index (χ2n) is 5.90. The second-order valence-corrected chi connectivity index (χ2v) is 8.05. The number of fused-ring (bicyclic) bond motifs is 1. The number of carbonyl (C=O) groups is 1. The van der Waals surface area contributed by atoms with Crippen LogP contribution in [0.4, 0.5) is 0 Å². The first kappa shape index (κ1) is 17.0. The summed E-state index contributed by atoms with van der Waals surface area (Å²) in [6, 6.07) is 5.09. The molecule has 1 fully saturated rings. The van der Waals surface area contributed by atoms with Crippen LogP contribution in [0.25, 0.3) is 0 Å². The lowest BCUT2D eigenvalue weighted by Crippen LogP contribution is -2.42. The van der Waals surface area contributed by atoms with Crippen LogP contribution in [0.5, 0.6) is 11.5 Å². The fourth-order valence-electron chi connectivity index (χ4n) is 2.77. The van der Waals surface area contributed by atoms with Crippen molar-refractivity contribution in [1.29, 1.82) is 0 Å². The van der Waals surface area contributed by atoms with Gasteiger partial charge in [-0.2, -0.15) is 17.0 Å². The normalized spacial score (nSPS) is 18.7. The van der Waals surface area contributed by atoms with Crippen molar-refractivity contribution in [3.63, 3.8) is 0 Å². The fraction of sp³-hybridized carbons (Fsp3) is 0.533. The molecule has 0 N–H and O–H groups in total. The highest BCUT2D eigenvalue weighted by Crippen LogP contribution is 2.32. The van der Waals surface area contributed by atoms with Crippen molar-refractivity contribution in [1.82, 2.24) is 13.5 Å². The molecule has 0 unspecified atom stereocenters. The summed E-state index contributed by atoms with van der Waals surface area (Å²) in [5.74, 6) is 1.07. The lowest BCUT2D eigenvalue weighted by atomic mass is 10.1. The topological polar surface area (TPSA) is 79.4 Å². The predicted molar refractivity (Wildman–Crippen MR) is 87.3 cm³/mol. The van der Waals surface area contributed by atoms with Crippen molar-refractivity contribution < 1.29 is 22.7 Å². The molecule has 1 saturated heterocycles. The summed E-state index contributed by atoms with van der Waals surface area (Å²) in [6.45, 7) is 1.74. The van der Waals surface area contributed by atoms with Crippen molar-refractivity contribution in [2.24, 2.45) is 0 Å². The Labute approximate surface area is 141 Å². The van der Waals surface area contributed by atoms with Gasteiger partial charge in [0, 0.05) is 45.8 Å². The summed E-state index contributed by atoms with van der Waals surface area (Å²) in [5, 5.41) is 0. The standard InChI is InChI=1S/C15H21N3O5S/c1-16(2)24(20,21)18-7-3-6-17(8-9-18)15(19)12-4-5-13-14(10-12)23-11-22-13/h4-5,10H,3,6-9,11H2,1-2H3. The van der Waals surface area contributed by atoms with Crippen molar-refractivity contribution in [3.05, 3.63) is 23.8 Å². The van der Waals surface area contributed by atoms with E-state index in [-0.39, 0.29) is 19.2 Å². The Bertz CT molecular complexity index is 735. The zero-order valence-electron chi connectivity index (χ0n) is 13.8. The Balaban J connectivity index is 1.71. The molecule has 8 nitrogen and oxygen atoms in total. The number of hydrogen-bond acceptors (Lipinski definition) is 5. The van der Waals surface area contributed by atoms with Gasteiger partial charge in [0.15, 0.2) is 11.5 Å². The van der Waals surface area contributed by atoms with Crippen LogP contribution in [0.15, 0.2) is 18.2 Å². The average Bonchev–Trinajstić information content (AvgIpc) is 2.87. The highest BCUT2D eigenvalue weighted by atomic mass is 32.2. The maximum Gasteiger partial charge on any atom is 0.281 e. The van der Waals surface area contributed by atoms with Gasteiger partial charge in [0.25, 0.3) is 16.1 Å². The Kier molecular flexibility index (Phi) is 4.66. The first-order valence-electron chi connectivity index (χ1n) is 7.76. The molecule has 0 bridgehead atoms. The predicted octanol–water partition coefficient (Wildman–Crippen LogP) is 0.370. The minimum atomic E-state index is -3.45. The van der Waals surface area contributed by atoms with Gasteiger partial charge in [-0.1, -0.05) is 0 Å². The molecule has 1 aromatic rings. The molecule has 1 amide bonds. The molecule has 0 spiro atoms. The Morgan fingerprint density at radius 1 is 1.08 bits per heavy atom. The minimum absolute atomic E-state index is 0.127. The van der Waals surface area contributed by atoms with Crippen LogP contribution < -0.4 is 9.47 Å². The van der Waals surface area contributed by atoms with Gasteiger partial charge < -0.3 is 14.4 Å². The van der Waals surface area contributed by atoms with E-state index < -0.39 is 10.2 Å². The van der Waals surface area contributed by atoms with Gasteiger partial charge >= 0.3 is 0 Å². The third kappa shape index (κ3) is 3.19. The lowest BCUT2D eigenvalue weighted by molar-refractivity contribution is 0.0763. The van der Waals surface area contributed by atoms with E-state index in [1.165, 1.54) is 22.7 Å². The van der Waals surface area contributed by atoms with Gasteiger partial charge in [-0.3, -0.25) is 4.79 Å². The first-order valence-corrected chi connectivity index (χ1v) is 9.16. The lowest BCUT2D eigenvalue weighted by Gasteiger charge is -2.24. The molecular formula is C15H21N3O5S. The quantitative estimate of drug-likeness (QED) is 0.783. The van der Waals surface area contributed by atoms with Gasteiger partial charge in [0.2, 0.25) is 6.79 Å². The van der Waals surface area contributed by atoms with Gasteiger partial charge in [0.05, 0.1) is 0 Å². The van der Waals surface area contributed by atoms with Crippen molar-refractivity contribution in [2.45, 2.75) is 6.42 Å². The van der Waals surface area contributed by atoms with E-state index in [0.717, 1.165) is 0 Å². The van der Waals surface area contributed by atoms with Crippen molar-refractivity contribution in [2.75, 3.05) is 47.1 Å². The zero-order valence-corrected chi connectivity index (χ0v) is 14.6. The summed E-state index contributed by atoms with van der Waals surface area (Å²) in [7, 11) is -0.434. The summed E-state index contributed by atoms with van der Waals surface area (Å²) in [4.78, 5) is 14.4. The number of ether oxygens (including phenoxy) is 2. The van der Waals surface area contributed by atoms with Crippen LogP contribution in [0.3, 0.4) is 0 Å². The van der Waals surface area contributed by atoms with Crippen LogP contribution in [-0.2, 0) is 10.2 Å². The molecule has 2 heterocycles. The Morgan fingerprint density at radius 3 is 2.58 bits per heavy atom. The van der Waals surface area contributed by atoms with E-state index in [0.29, 0.717) is 43.1 Å². The van der Waals surface area contributed by atoms with Gasteiger partial charge in [0.1, 0.15) is 0 Å². The van der Waals surface area contributed by atoms with E-state index in [4.69, 9.17) is 9.47 Å². The fourth-order valence-corrected chi connectivity index (χ4v) is 3.90. The number of carbonyl (C=O) groups excluding carboxylic acids is 1. The highest BCUT2D eigenvalue weighted by Gasteiger charge is 2.29. The third-order valence-electron chi connectivity index (χ3n) is 4.15. The van der Waals surface area contributed by atoms with Gasteiger partial charge in [-0.15, -0.1) is 0 Å². The van der Waals surface area contributed by atoms with E-state index in [9.17, 15) is 13.2 Å². The molecule has 0 radical (unpaired) electrons. The van der Waals surface area contributed by atoms with Crippen LogP contribution in [0, 0.1) is 0 Å². The van der Waals surface area contributed by atoms with Gasteiger partial charge in [-0.25, -0.2) is 0 Å². The smallest absolute Gasteiger partial charge is 0.281 e. The average molecular weight is 355 g/mol. The Morgan fingerprint density at radius 2 is 1.83 bits per heavy atom. The van der Waals surface area contributed by atoms with E-state index in [1.807, 2.05) is 0 Å². The second kappa shape index (κ2) is 6.58. The molecule has 0 aliphatic carbocycles.